The number of methoxy groups -OCH3 is 1. The van der Waals surface area contributed by atoms with Crippen molar-refractivity contribution in [3.8, 4) is 0 Å². The Labute approximate surface area is 77.2 Å². The maximum atomic E-state index is 13.3. The van der Waals surface area contributed by atoms with Gasteiger partial charge in [-0.15, -0.1) is 0 Å². The van der Waals surface area contributed by atoms with Crippen molar-refractivity contribution in [2.75, 3.05) is 20.3 Å². The quantitative estimate of drug-likeness (QED) is 0.616. The predicted molar refractivity (Wildman–Crippen MR) is 45.1 cm³/mol. The largest absolute Gasteiger partial charge is 0.469 e. The summed E-state index contributed by atoms with van der Waals surface area (Å²) < 4.78 is 22.9. The maximum absolute atomic E-state index is 13.3. The molecule has 1 heterocycles. The van der Waals surface area contributed by atoms with E-state index < -0.39 is 6.17 Å². The van der Waals surface area contributed by atoms with E-state index >= 15 is 0 Å². The number of ether oxygens (including phenoxy) is 2. The van der Waals surface area contributed by atoms with Gasteiger partial charge in [0.15, 0.2) is 0 Å². The molecule has 0 N–H and O–H groups in total. The third-order valence-electron chi connectivity index (χ3n) is 2.34. The third kappa shape index (κ3) is 3.30. The van der Waals surface area contributed by atoms with Gasteiger partial charge in [0.1, 0.15) is 6.17 Å². The Morgan fingerprint density at radius 1 is 1.54 bits per heavy atom. The molecule has 1 aliphatic heterocycles. The fourth-order valence-electron chi connectivity index (χ4n) is 1.48. The van der Waals surface area contributed by atoms with E-state index in [-0.39, 0.29) is 18.3 Å². The van der Waals surface area contributed by atoms with Crippen molar-refractivity contribution < 1.29 is 18.7 Å². The Morgan fingerprint density at radius 3 is 2.92 bits per heavy atom. The number of alkyl halides is 1. The van der Waals surface area contributed by atoms with E-state index in [0.29, 0.717) is 26.1 Å². The van der Waals surface area contributed by atoms with Crippen LogP contribution in [0, 0.1) is 5.92 Å². The van der Waals surface area contributed by atoms with E-state index in [1.54, 1.807) is 0 Å². The average Bonchev–Trinajstić information content (AvgIpc) is 2.32. The van der Waals surface area contributed by atoms with E-state index in [0.717, 1.165) is 0 Å². The van der Waals surface area contributed by atoms with E-state index in [2.05, 4.69) is 4.74 Å². The maximum Gasteiger partial charge on any atom is 0.305 e. The summed E-state index contributed by atoms with van der Waals surface area (Å²) in [6.07, 6.45) is 0.237. The molecule has 0 spiro atoms. The molecule has 2 atom stereocenters. The van der Waals surface area contributed by atoms with Gasteiger partial charge in [0.05, 0.1) is 13.5 Å². The molecule has 0 saturated carbocycles. The molecule has 0 aromatic heterocycles. The first-order valence-electron chi connectivity index (χ1n) is 4.52. The van der Waals surface area contributed by atoms with Gasteiger partial charge in [-0.25, -0.2) is 4.39 Å². The molecule has 1 rings (SSSR count). The first-order valence-corrected chi connectivity index (χ1v) is 4.52. The summed E-state index contributed by atoms with van der Waals surface area (Å²) in [5, 5.41) is 0. The zero-order valence-electron chi connectivity index (χ0n) is 7.79. The van der Waals surface area contributed by atoms with Crippen LogP contribution in [0.1, 0.15) is 19.3 Å². The summed E-state index contributed by atoms with van der Waals surface area (Å²) in [5.41, 5.74) is 0. The second kappa shape index (κ2) is 5.17. The summed E-state index contributed by atoms with van der Waals surface area (Å²) in [6, 6.07) is 0. The fraction of sp³-hybridized carbons (Fsp3) is 0.889. The van der Waals surface area contributed by atoms with Crippen molar-refractivity contribution in [1.29, 1.82) is 0 Å². The topological polar surface area (TPSA) is 35.5 Å². The molecule has 4 heteroatoms. The normalized spacial score (nSPS) is 29.4. The van der Waals surface area contributed by atoms with Crippen LogP contribution < -0.4 is 0 Å². The molecule has 2 unspecified atom stereocenters. The molecular formula is C9H15FO3. The van der Waals surface area contributed by atoms with Gasteiger partial charge in [-0.3, -0.25) is 4.79 Å². The molecule has 76 valence electrons. The Balaban J connectivity index is 2.40. The second-order valence-electron chi connectivity index (χ2n) is 3.25. The summed E-state index contributed by atoms with van der Waals surface area (Å²) >= 11 is 0. The SMILES string of the molecule is COC(=O)CC1CCOCCC1F. The Kier molecular flexibility index (Phi) is 4.15. The van der Waals surface area contributed by atoms with Gasteiger partial charge in [0.2, 0.25) is 0 Å². The molecule has 0 aromatic rings. The number of carbonyl (C=O) groups is 1. The number of carbonyl (C=O) groups excluding carboxylic acids is 1. The van der Waals surface area contributed by atoms with Crippen molar-refractivity contribution in [3.05, 3.63) is 0 Å². The van der Waals surface area contributed by atoms with Crippen LogP contribution in [0.3, 0.4) is 0 Å². The molecule has 0 aliphatic carbocycles. The molecule has 0 bridgehead atoms. The molecule has 1 fully saturated rings. The zero-order chi connectivity index (χ0) is 9.68. The summed E-state index contributed by atoms with van der Waals surface area (Å²) in [7, 11) is 1.32. The van der Waals surface area contributed by atoms with Gasteiger partial charge in [-0.1, -0.05) is 0 Å². The highest BCUT2D eigenvalue weighted by Crippen LogP contribution is 2.23. The van der Waals surface area contributed by atoms with E-state index in [1.165, 1.54) is 7.11 Å². The van der Waals surface area contributed by atoms with Crippen LogP contribution in [0.15, 0.2) is 0 Å². The van der Waals surface area contributed by atoms with Gasteiger partial charge in [0.25, 0.3) is 0 Å². The summed E-state index contributed by atoms with van der Waals surface area (Å²) in [4.78, 5) is 10.9. The fourth-order valence-corrected chi connectivity index (χ4v) is 1.48. The zero-order valence-corrected chi connectivity index (χ0v) is 7.79. The second-order valence-corrected chi connectivity index (χ2v) is 3.25. The van der Waals surface area contributed by atoms with Crippen LogP contribution in [0.5, 0.6) is 0 Å². The summed E-state index contributed by atoms with van der Waals surface area (Å²) in [6.45, 7) is 1.00. The van der Waals surface area contributed by atoms with E-state index in [4.69, 9.17) is 4.74 Å². The van der Waals surface area contributed by atoms with Gasteiger partial charge >= 0.3 is 5.97 Å². The highest BCUT2D eigenvalue weighted by molar-refractivity contribution is 5.69. The van der Waals surface area contributed by atoms with Crippen LogP contribution in [0.25, 0.3) is 0 Å². The highest BCUT2D eigenvalue weighted by Gasteiger charge is 2.26. The van der Waals surface area contributed by atoms with Crippen molar-refractivity contribution >= 4 is 5.97 Å². The van der Waals surface area contributed by atoms with Crippen molar-refractivity contribution in [2.24, 2.45) is 5.92 Å². The van der Waals surface area contributed by atoms with Crippen LogP contribution >= 0.6 is 0 Å². The monoisotopic (exact) mass is 190 g/mol. The molecule has 0 amide bonds. The Hall–Kier alpha value is -0.640. The lowest BCUT2D eigenvalue weighted by atomic mass is 9.95. The Morgan fingerprint density at radius 2 is 2.23 bits per heavy atom. The highest BCUT2D eigenvalue weighted by atomic mass is 19.1. The van der Waals surface area contributed by atoms with Crippen molar-refractivity contribution in [2.45, 2.75) is 25.4 Å². The molecule has 0 radical (unpaired) electrons. The lowest BCUT2D eigenvalue weighted by molar-refractivity contribution is -0.142. The number of hydrogen-bond donors (Lipinski definition) is 0. The molecule has 1 aliphatic rings. The lowest BCUT2D eigenvalue weighted by Gasteiger charge is -2.15. The minimum atomic E-state index is -0.929. The van der Waals surface area contributed by atoms with E-state index in [9.17, 15) is 9.18 Å². The number of rotatable bonds is 2. The molecular weight excluding hydrogens is 175 g/mol. The number of hydrogen-bond acceptors (Lipinski definition) is 3. The van der Waals surface area contributed by atoms with Gasteiger partial charge < -0.3 is 9.47 Å². The molecule has 0 aromatic carbocycles. The van der Waals surface area contributed by atoms with Crippen molar-refractivity contribution in [3.63, 3.8) is 0 Å². The molecule has 13 heavy (non-hydrogen) atoms. The smallest absolute Gasteiger partial charge is 0.305 e. The predicted octanol–water partition coefficient (Wildman–Crippen LogP) is 1.31. The van der Waals surface area contributed by atoms with Gasteiger partial charge in [-0.2, -0.15) is 0 Å². The van der Waals surface area contributed by atoms with Gasteiger partial charge in [0, 0.05) is 25.6 Å². The lowest BCUT2D eigenvalue weighted by Crippen LogP contribution is -2.20. The summed E-state index contributed by atoms with van der Waals surface area (Å²) in [5.74, 6) is -0.565. The Bertz CT molecular complexity index is 172. The standard InChI is InChI=1S/C9H15FO3/c1-12-9(11)6-7-2-4-13-5-3-8(7)10/h7-8H,2-6H2,1H3. The number of halogens is 1. The average molecular weight is 190 g/mol. The minimum Gasteiger partial charge on any atom is -0.469 e. The van der Waals surface area contributed by atoms with E-state index in [1.807, 2.05) is 0 Å². The molecule has 3 nitrogen and oxygen atoms in total. The van der Waals surface area contributed by atoms with Crippen LogP contribution in [0.4, 0.5) is 4.39 Å². The first kappa shape index (κ1) is 10.4. The van der Waals surface area contributed by atoms with Crippen LogP contribution in [0.2, 0.25) is 0 Å². The third-order valence-corrected chi connectivity index (χ3v) is 2.34. The first-order chi connectivity index (χ1) is 6.24. The van der Waals surface area contributed by atoms with Crippen molar-refractivity contribution in [1.82, 2.24) is 0 Å². The van der Waals surface area contributed by atoms with Crippen LogP contribution in [-0.4, -0.2) is 32.5 Å². The molecule has 1 saturated heterocycles. The van der Waals surface area contributed by atoms with Gasteiger partial charge in [-0.05, 0) is 6.42 Å². The van der Waals surface area contributed by atoms with Crippen LogP contribution in [-0.2, 0) is 14.3 Å². The number of esters is 1. The minimum absolute atomic E-state index is 0.168.